The van der Waals surface area contributed by atoms with Gasteiger partial charge in [0.2, 0.25) is 11.2 Å². The van der Waals surface area contributed by atoms with Crippen LogP contribution in [0.2, 0.25) is 0 Å². The Morgan fingerprint density at radius 1 is 0.946 bits per heavy atom. The summed E-state index contributed by atoms with van der Waals surface area (Å²) in [5.41, 5.74) is 0.0952. The number of halogens is 3. The van der Waals surface area contributed by atoms with Gasteiger partial charge in [-0.15, -0.1) is 0 Å². The van der Waals surface area contributed by atoms with Crippen molar-refractivity contribution in [3.8, 4) is 28.7 Å². The maximum atomic E-state index is 14.1. The van der Waals surface area contributed by atoms with Crippen LogP contribution in [0.25, 0.3) is 11.0 Å². The van der Waals surface area contributed by atoms with Crippen LogP contribution < -0.4 is 24.4 Å². The molecule has 0 amide bonds. The standard InChI is InChI=1S/C27H22F3NO6/c1-33-17-7-9-18(10-8-17)36-25-23(32)19-11-12-22-20(24(19)37-26(25)27(28,29)30)14-31(15-35-22)13-16-5-3-4-6-21(16)34-2/h3-12H,13-15H2,1-2H3. The molecule has 0 aliphatic carbocycles. The van der Waals surface area contributed by atoms with Gasteiger partial charge in [0.15, 0.2) is 0 Å². The Balaban J connectivity index is 1.56. The van der Waals surface area contributed by atoms with Gasteiger partial charge in [-0.3, -0.25) is 9.69 Å². The zero-order valence-electron chi connectivity index (χ0n) is 19.9. The van der Waals surface area contributed by atoms with E-state index in [9.17, 15) is 18.0 Å². The van der Waals surface area contributed by atoms with E-state index in [1.807, 2.05) is 29.2 Å². The van der Waals surface area contributed by atoms with Crippen molar-refractivity contribution < 1.29 is 36.5 Å². The Hall–Kier alpha value is -4.18. The number of methoxy groups -OCH3 is 2. The predicted molar refractivity (Wildman–Crippen MR) is 128 cm³/mol. The van der Waals surface area contributed by atoms with E-state index in [2.05, 4.69) is 0 Å². The molecule has 37 heavy (non-hydrogen) atoms. The summed E-state index contributed by atoms with van der Waals surface area (Å²) in [5.74, 6) is -0.912. The lowest BCUT2D eigenvalue weighted by Crippen LogP contribution is -2.32. The van der Waals surface area contributed by atoms with E-state index in [0.29, 0.717) is 29.4 Å². The molecule has 3 aromatic carbocycles. The zero-order valence-corrected chi connectivity index (χ0v) is 19.9. The number of ether oxygens (including phenoxy) is 4. The number of hydrogen-bond acceptors (Lipinski definition) is 7. The van der Waals surface area contributed by atoms with Crippen molar-refractivity contribution in [2.75, 3.05) is 21.0 Å². The fraction of sp³-hybridized carbons (Fsp3) is 0.222. The van der Waals surface area contributed by atoms with Crippen LogP contribution in [-0.4, -0.2) is 25.9 Å². The highest BCUT2D eigenvalue weighted by atomic mass is 19.4. The van der Waals surface area contributed by atoms with E-state index in [1.54, 1.807) is 13.2 Å². The molecule has 10 heteroatoms. The largest absolute Gasteiger partial charge is 0.497 e. The molecule has 0 unspecified atom stereocenters. The van der Waals surface area contributed by atoms with Gasteiger partial charge in [-0.2, -0.15) is 13.2 Å². The highest BCUT2D eigenvalue weighted by Crippen LogP contribution is 2.41. The SMILES string of the molecule is COc1ccc(Oc2c(C(F)(F)F)oc3c4c(ccc3c2=O)OCN(Cc2ccccc2OC)C4)cc1. The maximum absolute atomic E-state index is 14.1. The third-order valence-electron chi connectivity index (χ3n) is 5.99. The van der Waals surface area contributed by atoms with E-state index < -0.39 is 23.1 Å². The first-order valence-electron chi connectivity index (χ1n) is 11.3. The molecule has 192 valence electrons. The van der Waals surface area contributed by atoms with E-state index in [0.717, 1.165) is 5.56 Å². The number of fused-ring (bicyclic) bond motifs is 3. The highest BCUT2D eigenvalue weighted by molar-refractivity contribution is 5.84. The Bertz CT molecular complexity index is 1500. The van der Waals surface area contributed by atoms with E-state index in [1.165, 1.54) is 37.4 Å². The zero-order chi connectivity index (χ0) is 26.2. The van der Waals surface area contributed by atoms with Crippen LogP contribution in [0, 0.1) is 0 Å². The van der Waals surface area contributed by atoms with E-state index in [4.69, 9.17) is 23.4 Å². The average Bonchev–Trinajstić information content (AvgIpc) is 2.90. The molecule has 0 fully saturated rings. The summed E-state index contributed by atoms with van der Waals surface area (Å²) in [5, 5.41) is -0.0435. The van der Waals surface area contributed by atoms with Crippen molar-refractivity contribution in [2.45, 2.75) is 19.3 Å². The molecule has 0 spiro atoms. The Kier molecular flexibility index (Phi) is 6.43. The number of alkyl halides is 3. The smallest absolute Gasteiger partial charge is 0.453 e. The third kappa shape index (κ3) is 4.79. The summed E-state index contributed by atoms with van der Waals surface area (Å²) in [7, 11) is 3.02. The normalized spacial score (nSPS) is 13.6. The second kappa shape index (κ2) is 9.70. The molecule has 1 aromatic heterocycles. The van der Waals surface area contributed by atoms with Gasteiger partial charge in [-0.25, -0.2) is 0 Å². The van der Waals surface area contributed by atoms with Crippen molar-refractivity contribution in [2.24, 2.45) is 0 Å². The lowest BCUT2D eigenvalue weighted by molar-refractivity contribution is -0.154. The maximum Gasteiger partial charge on any atom is 0.453 e. The quantitative estimate of drug-likeness (QED) is 0.315. The molecule has 5 rings (SSSR count). The van der Waals surface area contributed by atoms with Crippen molar-refractivity contribution in [1.82, 2.24) is 4.90 Å². The van der Waals surface area contributed by atoms with Gasteiger partial charge in [0.05, 0.1) is 25.2 Å². The lowest BCUT2D eigenvalue weighted by atomic mass is 10.1. The monoisotopic (exact) mass is 513 g/mol. The Morgan fingerprint density at radius 2 is 1.68 bits per heavy atom. The van der Waals surface area contributed by atoms with Gasteiger partial charge >= 0.3 is 6.18 Å². The number of para-hydroxylation sites is 1. The second-order valence-corrected chi connectivity index (χ2v) is 8.36. The van der Waals surface area contributed by atoms with Crippen LogP contribution in [0.4, 0.5) is 13.2 Å². The van der Waals surface area contributed by atoms with Gasteiger partial charge < -0.3 is 23.4 Å². The second-order valence-electron chi connectivity index (χ2n) is 8.36. The molecule has 1 aliphatic rings. The van der Waals surface area contributed by atoms with Crippen LogP contribution in [0.5, 0.6) is 28.7 Å². The molecule has 0 N–H and O–H groups in total. The average molecular weight is 513 g/mol. The first-order chi connectivity index (χ1) is 17.8. The van der Waals surface area contributed by atoms with E-state index >= 15 is 0 Å². The summed E-state index contributed by atoms with van der Waals surface area (Å²) in [4.78, 5) is 15.2. The number of benzene rings is 3. The van der Waals surface area contributed by atoms with Crippen LogP contribution in [0.3, 0.4) is 0 Å². The fourth-order valence-electron chi connectivity index (χ4n) is 4.21. The number of rotatable bonds is 6. The van der Waals surface area contributed by atoms with Crippen molar-refractivity contribution in [1.29, 1.82) is 0 Å². The van der Waals surface area contributed by atoms with Crippen LogP contribution in [-0.2, 0) is 19.3 Å². The van der Waals surface area contributed by atoms with Crippen molar-refractivity contribution in [3.05, 3.63) is 87.8 Å². The minimum atomic E-state index is -4.98. The van der Waals surface area contributed by atoms with Gasteiger partial charge in [0, 0.05) is 18.7 Å². The first kappa shape index (κ1) is 24.5. The molecule has 1 aliphatic heterocycles. The Morgan fingerprint density at radius 3 is 2.38 bits per heavy atom. The van der Waals surface area contributed by atoms with Gasteiger partial charge in [-0.05, 0) is 42.5 Å². The summed E-state index contributed by atoms with van der Waals surface area (Å²) in [6.07, 6.45) is -4.98. The predicted octanol–water partition coefficient (Wildman–Crippen LogP) is 5.97. The van der Waals surface area contributed by atoms with Crippen LogP contribution in [0.15, 0.2) is 69.9 Å². The Labute approximate surface area is 209 Å². The summed E-state index contributed by atoms with van der Waals surface area (Å²) < 4.78 is 69.3. The molecular formula is C27H22F3NO6. The summed E-state index contributed by atoms with van der Waals surface area (Å²) >= 11 is 0. The van der Waals surface area contributed by atoms with Crippen molar-refractivity contribution in [3.63, 3.8) is 0 Å². The topological polar surface area (TPSA) is 70.4 Å². The minimum absolute atomic E-state index is 0.0298. The molecule has 7 nitrogen and oxygen atoms in total. The van der Waals surface area contributed by atoms with Crippen LogP contribution in [0.1, 0.15) is 16.9 Å². The molecule has 4 aromatic rings. The molecule has 0 atom stereocenters. The van der Waals surface area contributed by atoms with Gasteiger partial charge in [0.1, 0.15) is 35.3 Å². The summed E-state index contributed by atoms with van der Waals surface area (Å²) in [6, 6.07) is 16.2. The highest BCUT2D eigenvalue weighted by Gasteiger charge is 2.41. The lowest BCUT2D eigenvalue weighted by Gasteiger charge is -2.29. The number of nitrogens with zero attached hydrogens (tertiary/aromatic N) is 1. The number of hydrogen-bond donors (Lipinski definition) is 0. The molecule has 2 heterocycles. The third-order valence-corrected chi connectivity index (χ3v) is 5.99. The minimum Gasteiger partial charge on any atom is -0.497 e. The molecule has 0 saturated heterocycles. The van der Waals surface area contributed by atoms with Gasteiger partial charge in [0.25, 0.3) is 5.76 Å². The molecular weight excluding hydrogens is 491 g/mol. The van der Waals surface area contributed by atoms with Crippen LogP contribution >= 0.6 is 0 Å². The van der Waals surface area contributed by atoms with Crippen molar-refractivity contribution >= 4 is 11.0 Å². The first-order valence-corrected chi connectivity index (χ1v) is 11.3. The molecule has 0 radical (unpaired) electrons. The fourth-order valence-corrected chi connectivity index (χ4v) is 4.21. The molecule has 0 saturated carbocycles. The van der Waals surface area contributed by atoms with E-state index in [-0.39, 0.29) is 30.0 Å². The van der Waals surface area contributed by atoms with Gasteiger partial charge in [-0.1, -0.05) is 18.2 Å². The molecule has 0 bridgehead atoms. The summed E-state index contributed by atoms with van der Waals surface area (Å²) in [6.45, 7) is 0.810.